The average molecular weight is 296 g/mol. The van der Waals surface area contributed by atoms with E-state index in [-0.39, 0.29) is 6.03 Å². The Morgan fingerprint density at radius 2 is 1.81 bits per heavy atom. The number of urea groups is 1. The van der Waals surface area contributed by atoms with Crippen LogP contribution in [0.5, 0.6) is 0 Å². The smallest absolute Gasteiger partial charge is 0.316 e. The molecule has 122 valence electrons. The maximum atomic E-state index is 11.5. The van der Waals surface area contributed by atoms with Gasteiger partial charge in [0.15, 0.2) is 0 Å². The number of carbonyl (C=O) groups is 1. The van der Waals surface area contributed by atoms with Crippen LogP contribution >= 0.6 is 0 Å². The highest BCUT2D eigenvalue weighted by Crippen LogP contribution is 2.35. The van der Waals surface area contributed by atoms with Crippen molar-refractivity contribution in [3.8, 4) is 0 Å². The standard InChI is InChI=1S/C16H32N4O/c1-12(2)20-10-13-6-5-7-14(11-20)15(13)17-8-9-18-16(21)19(3)4/h12-15,17H,5-11H2,1-4H3,(H,18,21). The fourth-order valence-electron chi connectivity index (χ4n) is 3.79. The van der Waals surface area contributed by atoms with Crippen molar-refractivity contribution in [2.45, 2.75) is 45.2 Å². The number of likely N-dealkylation sites (tertiary alicyclic amines) is 1. The Labute approximate surface area is 129 Å². The molecule has 1 aliphatic heterocycles. The van der Waals surface area contributed by atoms with Crippen LogP contribution in [0.2, 0.25) is 0 Å². The first kappa shape index (κ1) is 16.6. The molecule has 2 unspecified atom stereocenters. The number of hydrogen-bond acceptors (Lipinski definition) is 3. The van der Waals surface area contributed by atoms with Crippen molar-refractivity contribution >= 4 is 6.03 Å². The van der Waals surface area contributed by atoms with E-state index in [0.29, 0.717) is 18.6 Å². The number of carbonyl (C=O) groups excluding carboxylic acids is 1. The van der Waals surface area contributed by atoms with E-state index < -0.39 is 0 Å². The summed E-state index contributed by atoms with van der Waals surface area (Å²) in [6, 6.07) is 1.30. The molecule has 0 spiro atoms. The lowest BCUT2D eigenvalue weighted by Crippen LogP contribution is -2.59. The largest absolute Gasteiger partial charge is 0.337 e. The van der Waals surface area contributed by atoms with E-state index in [4.69, 9.17) is 0 Å². The van der Waals surface area contributed by atoms with Gasteiger partial charge in [-0.15, -0.1) is 0 Å². The molecule has 5 nitrogen and oxygen atoms in total. The van der Waals surface area contributed by atoms with E-state index >= 15 is 0 Å². The lowest BCUT2D eigenvalue weighted by molar-refractivity contribution is 0.0300. The molecule has 0 radical (unpaired) electrons. The van der Waals surface area contributed by atoms with Crippen molar-refractivity contribution in [1.29, 1.82) is 0 Å². The van der Waals surface area contributed by atoms with Gasteiger partial charge in [0.1, 0.15) is 0 Å². The third kappa shape index (κ3) is 4.33. The Morgan fingerprint density at radius 3 is 2.33 bits per heavy atom. The van der Waals surface area contributed by atoms with Gasteiger partial charge in [-0.2, -0.15) is 0 Å². The van der Waals surface area contributed by atoms with Crippen LogP contribution in [-0.4, -0.2) is 68.2 Å². The van der Waals surface area contributed by atoms with Gasteiger partial charge in [0, 0.05) is 52.4 Å². The van der Waals surface area contributed by atoms with Gasteiger partial charge in [-0.3, -0.25) is 0 Å². The number of nitrogens with one attached hydrogen (secondary N) is 2. The van der Waals surface area contributed by atoms with Crippen molar-refractivity contribution in [3.05, 3.63) is 0 Å². The summed E-state index contributed by atoms with van der Waals surface area (Å²) in [6.45, 7) is 8.66. The fraction of sp³-hybridized carbons (Fsp3) is 0.938. The Kier molecular flexibility index (Phi) is 5.88. The lowest BCUT2D eigenvalue weighted by atomic mass is 9.73. The SMILES string of the molecule is CC(C)N1CC2CCCC(C1)C2NCCNC(=O)N(C)C. The number of amides is 2. The zero-order chi connectivity index (χ0) is 15.4. The van der Waals surface area contributed by atoms with Gasteiger partial charge in [-0.05, 0) is 38.5 Å². The van der Waals surface area contributed by atoms with Crippen LogP contribution in [0.25, 0.3) is 0 Å². The Morgan fingerprint density at radius 1 is 1.19 bits per heavy atom. The minimum Gasteiger partial charge on any atom is -0.337 e. The monoisotopic (exact) mass is 296 g/mol. The summed E-state index contributed by atoms with van der Waals surface area (Å²) < 4.78 is 0. The van der Waals surface area contributed by atoms with Crippen molar-refractivity contribution in [1.82, 2.24) is 20.4 Å². The minimum atomic E-state index is -0.00776. The van der Waals surface area contributed by atoms with Gasteiger partial charge in [0.2, 0.25) is 0 Å². The van der Waals surface area contributed by atoms with Crippen molar-refractivity contribution in [2.24, 2.45) is 11.8 Å². The van der Waals surface area contributed by atoms with Crippen LogP contribution in [0.15, 0.2) is 0 Å². The van der Waals surface area contributed by atoms with E-state index in [1.165, 1.54) is 32.4 Å². The quantitative estimate of drug-likeness (QED) is 0.753. The molecule has 21 heavy (non-hydrogen) atoms. The highest BCUT2D eigenvalue weighted by molar-refractivity contribution is 5.73. The second-order valence-electron chi connectivity index (χ2n) is 7.10. The van der Waals surface area contributed by atoms with E-state index in [2.05, 4.69) is 29.4 Å². The summed E-state index contributed by atoms with van der Waals surface area (Å²) in [5.74, 6) is 1.56. The molecule has 1 heterocycles. The Balaban J connectivity index is 1.77. The summed E-state index contributed by atoms with van der Waals surface area (Å²) in [4.78, 5) is 15.7. The van der Waals surface area contributed by atoms with E-state index in [1.807, 2.05) is 0 Å². The maximum absolute atomic E-state index is 11.5. The van der Waals surface area contributed by atoms with Crippen LogP contribution in [-0.2, 0) is 0 Å². The molecule has 2 fully saturated rings. The fourth-order valence-corrected chi connectivity index (χ4v) is 3.79. The van der Waals surface area contributed by atoms with Crippen molar-refractivity contribution in [3.63, 3.8) is 0 Å². The Bertz CT molecular complexity index is 331. The van der Waals surface area contributed by atoms with E-state index in [9.17, 15) is 4.79 Å². The second-order valence-corrected chi connectivity index (χ2v) is 7.10. The van der Waals surface area contributed by atoms with Gasteiger partial charge < -0.3 is 20.4 Å². The molecule has 2 amide bonds. The molecule has 5 heteroatoms. The first-order valence-electron chi connectivity index (χ1n) is 8.41. The summed E-state index contributed by atoms with van der Waals surface area (Å²) in [5, 5.41) is 6.65. The zero-order valence-electron chi connectivity index (χ0n) is 14.1. The van der Waals surface area contributed by atoms with E-state index in [1.54, 1.807) is 19.0 Å². The third-order valence-corrected chi connectivity index (χ3v) is 5.02. The van der Waals surface area contributed by atoms with E-state index in [0.717, 1.165) is 18.4 Å². The molecule has 2 atom stereocenters. The zero-order valence-corrected chi connectivity index (χ0v) is 14.1. The number of piperidine rings is 1. The summed E-state index contributed by atoms with van der Waals surface area (Å²) in [6.07, 6.45) is 4.08. The molecule has 1 saturated carbocycles. The first-order valence-corrected chi connectivity index (χ1v) is 8.41. The van der Waals surface area contributed by atoms with Crippen molar-refractivity contribution < 1.29 is 4.79 Å². The lowest BCUT2D eigenvalue weighted by Gasteiger charge is -2.49. The predicted molar refractivity (Wildman–Crippen MR) is 86.4 cm³/mol. The summed E-state index contributed by atoms with van der Waals surface area (Å²) in [5.41, 5.74) is 0. The molecule has 2 bridgehead atoms. The number of hydrogen-bond donors (Lipinski definition) is 2. The molecule has 2 rings (SSSR count). The predicted octanol–water partition coefficient (Wildman–Crippen LogP) is 1.36. The Hall–Kier alpha value is -0.810. The summed E-state index contributed by atoms with van der Waals surface area (Å²) in [7, 11) is 3.55. The van der Waals surface area contributed by atoms with Crippen LogP contribution in [0.3, 0.4) is 0 Å². The molecule has 2 aliphatic rings. The minimum absolute atomic E-state index is 0.00776. The molecule has 0 aromatic carbocycles. The molecule has 2 N–H and O–H groups in total. The molecule has 0 aromatic rings. The highest BCUT2D eigenvalue weighted by atomic mass is 16.2. The molecular weight excluding hydrogens is 264 g/mol. The second kappa shape index (κ2) is 7.45. The highest BCUT2D eigenvalue weighted by Gasteiger charge is 2.39. The third-order valence-electron chi connectivity index (χ3n) is 5.02. The topological polar surface area (TPSA) is 47.6 Å². The first-order chi connectivity index (χ1) is 9.99. The molecular formula is C16H32N4O. The molecule has 0 aromatic heterocycles. The van der Waals surface area contributed by atoms with Crippen LogP contribution in [0, 0.1) is 11.8 Å². The normalized spacial score (nSPS) is 29.5. The van der Waals surface area contributed by atoms with Crippen LogP contribution < -0.4 is 10.6 Å². The van der Waals surface area contributed by atoms with Crippen LogP contribution in [0.1, 0.15) is 33.1 Å². The van der Waals surface area contributed by atoms with Gasteiger partial charge in [0.25, 0.3) is 0 Å². The van der Waals surface area contributed by atoms with Gasteiger partial charge in [0.05, 0.1) is 0 Å². The molecule has 1 saturated heterocycles. The average Bonchev–Trinajstić information content (AvgIpc) is 2.42. The van der Waals surface area contributed by atoms with Gasteiger partial charge >= 0.3 is 6.03 Å². The maximum Gasteiger partial charge on any atom is 0.316 e. The number of nitrogens with zero attached hydrogens (tertiary/aromatic N) is 2. The number of fused-ring (bicyclic) bond motifs is 2. The summed E-state index contributed by atoms with van der Waals surface area (Å²) >= 11 is 0. The molecule has 1 aliphatic carbocycles. The number of rotatable bonds is 5. The van der Waals surface area contributed by atoms with Crippen molar-refractivity contribution in [2.75, 3.05) is 40.3 Å². The van der Waals surface area contributed by atoms with Gasteiger partial charge in [-0.25, -0.2) is 4.79 Å². The van der Waals surface area contributed by atoms with Crippen LogP contribution in [0.4, 0.5) is 4.79 Å². The van der Waals surface area contributed by atoms with Gasteiger partial charge in [-0.1, -0.05) is 6.42 Å².